The summed E-state index contributed by atoms with van der Waals surface area (Å²) >= 11 is 6.38. The van der Waals surface area contributed by atoms with Gasteiger partial charge in [-0.1, -0.05) is 60.7 Å². The lowest BCUT2D eigenvalue weighted by atomic mass is 9.88. The summed E-state index contributed by atoms with van der Waals surface area (Å²) in [6.45, 7) is 5.38. The van der Waals surface area contributed by atoms with Gasteiger partial charge in [0, 0.05) is 75.0 Å². The summed E-state index contributed by atoms with van der Waals surface area (Å²) in [6, 6.07) is 32.5. The van der Waals surface area contributed by atoms with E-state index in [2.05, 4.69) is 80.7 Å². The molecule has 0 spiro atoms. The number of benzene rings is 4. The number of alkyl halides is 1. The van der Waals surface area contributed by atoms with Crippen molar-refractivity contribution in [3.8, 4) is 5.75 Å². The number of allylic oxidation sites excluding steroid dienone is 1. The molecule has 0 aromatic heterocycles. The number of phenolic OH excluding ortho intramolecular Hbond substituents is 1. The Morgan fingerprint density at radius 1 is 0.783 bits per heavy atom. The van der Waals surface area contributed by atoms with Crippen LogP contribution in [0.4, 0.5) is 11.4 Å². The Kier molecular flexibility index (Phi) is 11.6. The Labute approximate surface area is 356 Å². The number of piperidine rings is 2. The molecule has 5 aliphatic rings. The second-order valence-electron chi connectivity index (χ2n) is 17.1. The molecular formula is C49H52ClN5O5. The van der Waals surface area contributed by atoms with Gasteiger partial charge in [-0.05, 0) is 120 Å². The molecule has 4 saturated heterocycles. The first-order chi connectivity index (χ1) is 29.3. The molecule has 5 heterocycles. The Balaban J connectivity index is 0.842. The molecule has 2 N–H and O–H groups in total. The first-order valence-electron chi connectivity index (χ1n) is 21.5. The van der Waals surface area contributed by atoms with Crippen LogP contribution in [-0.4, -0.2) is 95.5 Å². The van der Waals surface area contributed by atoms with Gasteiger partial charge in [0.2, 0.25) is 17.6 Å². The van der Waals surface area contributed by atoms with Crippen LogP contribution in [0.15, 0.2) is 97.1 Å². The number of fused-ring (bicyclic) bond motifs is 3. The third-order valence-corrected chi connectivity index (χ3v) is 13.8. The summed E-state index contributed by atoms with van der Waals surface area (Å²) in [6.07, 6.45) is 6.27. The third-order valence-electron chi connectivity index (χ3n) is 13.6. The van der Waals surface area contributed by atoms with Gasteiger partial charge in [-0.3, -0.25) is 34.3 Å². The molecule has 5 aliphatic heterocycles. The molecule has 10 nitrogen and oxygen atoms in total. The minimum absolute atomic E-state index is 0.214. The van der Waals surface area contributed by atoms with Crippen LogP contribution >= 0.6 is 11.6 Å². The number of carbonyl (C=O) groups is 4. The number of carbonyl (C=O) groups excluding carboxylic acids is 4. The molecule has 4 aromatic carbocycles. The van der Waals surface area contributed by atoms with Crippen LogP contribution in [0.2, 0.25) is 0 Å². The number of piperazine rings is 1. The van der Waals surface area contributed by atoms with Gasteiger partial charge in [-0.2, -0.15) is 0 Å². The number of aromatic hydroxyl groups is 1. The number of rotatable bonds is 12. The van der Waals surface area contributed by atoms with Crippen LogP contribution in [0.3, 0.4) is 0 Å². The van der Waals surface area contributed by atoms with Crippen molar-refractivity contribution >= 4 is 58.0 Å². The van der Waals surface area contributed by atoms with Gasteiger partial charge < -0.3 is 14.9 Å². The normalized spacial score (nSPS) is 23.9. The van der Waals surface area contributed by atoms with Gasteiger partial charge in [0.1, 0.15) is 11.8 Å². The van der Waals surface area contributed by atoms with Crippen LogP contribution in [-0.2, 0) is 25.7 Å². The number of imide groups is 1. The first-order valence-corrected chi connectivity index (χ1v) is 22.0. The number of halogens is 1. The number of hydrogen-bond acceptors (Lipinski definition) is 9. The predicted octanol–water partition coefficient (Wildman–Crippen LogP) is 6.98. The van der Waals surface area contributed by atoms with E-state index in [1.807, 2.05) is 24.3 Å². The zero-order chi connectivity index (χ0) is 41.3. The van der Waals surface area contributed by atoms with E-state index in [0.29, 0.717) is 43.1 Å². The zero-order valence-electron chi connectivity index (χ0n) is 33.8. The zero-order valence-corrected chi connectivity index (χ0v) is 34.6. The van der Waals surface area contributed by atoms with Gasteiger partial charge in [0.25, 0.3) is 0 Å². The van der Waals surface area contributed by atoms with Crippen molar-refractivity contribution in [2.45, 2.75) is 75.7 Å². The Morgan fingerprint density at radius 3 is 2.10 bits per heavy atom. The summed E-state index contributed by atoms with van der Waals surface area (Å²) in [5, 5.41) is 12.5. The lowest BCUT2D eigenvalue weighted by Crippen LogP contribution is -2.55. The van der Waals surface area contributed by atoms with Crippen molar-refractivity contribution < 1.29 is 24.3 Å². The molecule has 0 aliphatic carbocycles. The fourth-order valence-corrected chi connectivity index (χ4v) is 10.8. The number of hydrogen-bond donors (Lipinski definition) is 2. The van der Waals surface area contributed by atoms with Gasteiger partial charge in [-0.15, -0.1) is 11.6 Å². The van der Waals surface area contributed by atoms with E-state index < -0.39 is 23.8 Å². The van der Waals surface area contributed by atoms with E-state index >= 15 is 0 Å². The van der Waals surface area contributed by atoms with Gasteiger partial charge >= 0.3 is 0 Å². The SMILES string of the molecule is O=CC(=O)C1c2cc(N3CC4CCC(C3)N4CC3CCN(c4ccc(C(=C(CCCl)c5ccccc5)c5ccc(O)cc5)cc4)CC3)ccc2CN1C1CCC(=O)NC1=O. The van der Waals surface area contributed by atoms with Crippen molar-refractivity contribution in [1.82, 2.24) is 15.1 Å². The maximum atomic E-state index is 13.1. The molecule has 4 atom stereocenters. The molecule has 0 radical (unpaired) electrons. The number of aldehydes is 1. The van der Waals surface area contributed by atoms with E-state index in [9.17, 15) is 24.3 Å². The van der Waals surface area contributed by atoms with E-state index in [4.69, 9.17) is 11.6 Å². The smallest absolute Gasteiger partial charge is 0.243 e. The number of nitrogens with one attached hydrogen (secondary N) is 1. The van der Waals surface area contributed by atoms with Crippen LogP contribution < -0.4 is 15.1 Å². The quantitative estimate of drug-likeness (QED) is 0.0514. The molecule has 2 bridgehead atoms. The largest absolute Gasteiger partial charge is 0.508 e. The van der Waals surface area contributed by atoms with Crippen molar-refractivity contribution in [3.63, 3.8) is 0 Å². The fourth-order valence-electron chi connectivity index (χ4n) is 10.6. The second kappa shape index (κ2) is 17.4. The van der Waals surface area contributed by atoms with Crippen molar-refractivity contribution in [1.29, 1.82) is 0 Å². The number of amides is 2. The topological polar surface area (TPSA) is 114 Å². The molecule has 0 saturated carbocycles. The summed E-state index contributed by atoms with van der Waals surface area (Å²) in [5.74, 6) is 0.121. The Bertz CT molecular complexity index is 2260. The first kappa shape index (κ1) is 40.1. The highest BCUT2D eigenvalue weighted by Gasteiger charge is 2.45. The molecule has 60 heavy (non-hydrogen) atoms. The Hall–Kier alpha value is -5.29. The van der Waals surface area contributed by atoms with Crippen molar-refractivity contribution in [3.05, 3.63) is 125 Å². The van der Waals surface area contributed by atoms with Crippen molar-refractivity contribution in [2.24, 2.45) is 5.92 Å². The maximum absolute atomic E-state index is 13.1. The number of anilines is 2. The fraction of sp³-hybridized carbons (Fsp3) is 0.388. The highest BCUT2D eigenvalue weighted by molar-refractivity contribution is 6.27. The molecule has 11 heteroatoms. The minimum atomic E-state index is -0.823. The second-order valence-corrected chi connectivity index (χ2v) is 17.5. The maximum Gasteiger partial charge on any atom is 0.243 e. The van der Waals surface area contributed by atoms with Crippen LogP contribution in [0.1, 0.15) is 78.8 Å². The molecule has 4 fully saturated rings. The number of phenols is 1. The van der Waals surface area contributed by atoms with E-state index in [1.54, 1.807) is 17.0 Å². The number of Topliss-reactive ketones (excluding diaryl/α,β-unsaturated/α-hetero) is 1. The summed E-state index contributed by atoms with van der Waals surface area (Å²) in [7, 11) is 0. The molecule has 4 aromatic rings. The van der Waals surface area contributed by atoms with Gasteiger partial charge in [-0.25, -0.2) is 0 Å². The van der Waals surface area contributed by atoms with E-state index in [0.717, 1.165) is 91.1 Å². The van der Waals surface area contributed by atoms with Crippen LogP contribution in [0.25, 0.3) is 11.1 Å². The number of ketones is 1. The van der Waals surface area contributed by atoms with Crippen LogP contribution in [0.5, 0.6) is 5.75 Å². The highest BCUT2D eigenvalue weighted by Crippen LogP contribution is 2.42. The predicted molar refractivity (Wildman–Crippen MR) is 235 cm³/mol. The molecular weight excluding hydrogens is 774 g/mol. The average Bonchev–Trinajstić information content (AvgIpc) is 3.75. The molecule has 4 unspecified atom stereocenters. The van der Waals surface area contributed by atoms with Crippen LogP contribution in [0, 0.1) is 5.92 Å². The molecule has 2 amide bonds. The standard InChI is InChI=1S/C49H52ClN5O5/c50-23-20-42(33-4-2-1-3-5-33)47(35-9-16-41(57)17-10-35)34-6-11-37(12-7-34)52-24-21-32(22-25-52)27-54-39-14-15-40(54)30-53(29-39)38-13-8-36-28-55(44-18-19-46(59)51-49(44)60)48(43(36)26-38)45(58)31-56/h1-13,16-17,26,31-32,39-40,44,48,57H,14-15,18-25,27-30H2,(H,51,59,60). The minimum Gasteiger partial charge on any atom is -0.508 e. The van der Waals surface area contributed by atoms with Gasteiger partial charge in [0.05, 0.1) is 6.04 Å². The third kappa shape index (κ3) is 8.00. The van der Waals surface area contributed by atoms with Gasteiger partial charge in [0.15, 0.2) is 6.29 Å². The summed E-state index contributed by atoms with van der Waals surface area (Å²) < 4.78 is 0. The lowest BCUT2D eigenvalue weighted by Gasteiger charge is -2.44. The summed E-state index contributed by atoms with van der Waals surface area (Å²) in [5.41, 5.74) is 9.67. The molecule has 310 valence electrons. The Morgan fingerprint density at radius 2 is 1.45 bits per heavy atom. The monoisotopic (exact) mass is 825 g/mol. The highest BCUT2D eigenvalue weighted by atomic mass is 35.5. The van der Waals surface area contributed by atoms with E-state index in [-0.39, 0.29) is 18.1 Å². The van der Waals surface area contributed by atoms with Crippen molar-refractivity contribution in [2.75, 3.05) is 48.4 Å². The average molecular weight is 826 g/mol. The lowest BCUT2D eigenvalue weighted by molar-refractivity contribution is -0.141. The number of nitrogens with zero attached hydrogens (tertiary/aromatic N) is 4. The molecule has 9 rings (SSSR count). The van der Waals surface area contributed by atoms with E-state index in [1.165, 1.54) is 24.1 Å². The summed E-state index contributed by atoms with van der Waals surface area (Å²) in [4.78, 5) is 59.1.